The summed E-state index contributed by atoms with van der Waals surface area (Å²) in [6.07, 6.45) is 10.5. The zero-order chi connectivity index (χ0) is 21.7. The fraction of sp³-hybridized carbons (Fsp3) is 0.640. The number of carbonyl (C=O) groups excluding carboxylic acids is 1. The molecule has 4 fully saturated rings. The molecule has 5 nitrogen and oxygen atoms in total. The van der Waals surface area contributed by atoms with Crippen molar-refractivity contribution in [1.82, 2.24) is 5.32 Å². The van der Waals surface area contributed by atoms with Crippen LogP contribution < -0.4 is 15.8 Å². The van der Waals surface area contributed by atoms with Crippen molar-refractivity contribution in [1.29, 1.82) is 0 Å². The van der Waals surface area contributed by atoms with Gasteiger partial charge in [-0.05, 0) is 80.9 Å². The van der Waals surface area contributed by atoms with Gasteiger partial charge in [-0.2, -0.15) is 0 Å². The van der Waals surface area contributed by atoms with Crippen LogP contribution in [0, 0.1) is 5.41 Å². The van der Waals surface area contributed by atoms with Crippen LogP contribution in [0.5, 0.6) is 5.75 Å². The first-order valence-electron chi connectivity index (χ1n) is 11.7. The van der Waals surface area contributed by atoms with Gasteiger partial charge in [0.05, 0.1) is 19.0 Å². The van der Waals surface area contributed by atoms with Crippen LogP contribution >= 0.6 is 0 Å². The number of fused-ring (bicyclic) bond motifs is 3. The summed E-state index contributed by atoms with van der Waals surface area (Å²) < 4.78 is 24.0. The molecule has 4 aliphatic carbocycles. The number of benzene rings is 1. The number of hydrogen-bond acceptors (Lipinski definition) is 4. The van der Waals surface area contributed by atoms with Gasteiger partial charge in [-0.1, -0.05) is 12.1 Å². The third kappa shape index (κ3) is 4.80. The van der Waals surface area contributed by atoms with Crippen LogP contribution in [0.25, 0.3) is 0 Å². The van der Waals surface area contributed by atoms with Crippen LogP contribution in [0.2, 0.25) is 0 Å². The molecule has 1 aromatic rings. The van der Waals surface area contributed by atoms with Crippen LogP contribution in [0.3, 0.4) is 0 Å². The molecule has 0 atom stereocenters. The lowest BCUT2D eigenvalue weighted by Gasteiger charge is -2.52. The molecule has 0 radical (unpaired) electrons. The van der Waals surface area contributed by atoms with E-state index in [9.17, 15) is 9.18 Å². The summed E-state index contributed by atoms with van der Waals surface area (Å²) in [7, 11) is 0. The molecule has 1 aromatic carbocycles. The van der Waals surface area contributed by atoms with Crippen molar-refractivity contribution in [3.05, 3.63) is 41.7 Å². The van der Waals surface area contributed by atoms with Gasteiger partial charge < -0.3 is 20.5 Å². The third-order valence-electron chi connectivity index (χ3n) is 7.83. The number of hydrogen-bond donors (Lipinski definition) is 2. The molecule has 4 aliphatic rings. The van der Waals surface area contributed by atoms with Crippen LogP contribution in [0.1, 0.15) is 63.4 Å². The molecule has 3 N–H and O–H groups in total. The third-order valence-corrected chi connectivity index (χ3v) is 7.83. The second-order valence-corrected chi connectivity index (χ2v) is 9.52. The second kappa shape index (κ2) is 9.70. The predicted molar refractivity (Wildman–Crippen MR) is 119 cm³/mol. The highest BCUT2D eigenvalue weighted by atomic mass is 19.1. The fourth-order valence-electron chi connectivity index (χ4n) is 5.29. The van der Waals surface area contributed by atoms with Gasteiger partial charge in [0.15, 0.2) is 0 Å². The number of amides is 1. The molecule has 0 spiro atoms. The molecule has 5 rings (SSSR count). The standard InChI is InChI=1S/C25H35FN2O3/c26-16-19(17-27)18-31-22-6-4-20(5-7-22)24-8-11-25(12-9-24,13-10-24)23(29)28-14-15-30-21-2-1-3-21/h4-7,16,21H,1-3,8-15,17-18,27H2,(H,28,29)/b19-16+. The van der Waals surface area contributed by atoms with E-state index in [4.69, 9.17) is 15.2 Å². The minimum atomic E-state index is -0.196. The van der Waals surface area contributed by atoms with Gasteiger partial charge in [-0.25, -0.2) is 4.39 Å². The summed E-state index contributed by atoms with van der Waals surface area (Å²) in [5.41, 5.74) is 7.20. The molecule has 170 valence electrons. The quantitative estimate of drug-likeness (QED) is 0.547. The van der Waals surface area contributed by atoms with E-state index in [0.717, 1.165) is 57.1 Å². The zero-order valence-electron chi connectivity index (χ0n) is 18.3. The Morgan fingerprint density at radius 2 is 1.81 bits per heavy atom. The molecule has 1 amide bonds. The largest absolute Gasteiger partial charge is 0.489 e. The monoisotopic (exact) mass is 430 g/mol. The van der Waals surface area contributed by atoms with E-state index in [-0.39, 0.29) is 29.9 Å². The Morgan fingerprint density at radius 1 is 1.13 bits per heavy atom. The Balaban J connectivity index is 1.28. The van der Waals surface area contributed by atoms with Gasteiger partial charge in [0.1, 0.15) is 12.4 Å². The zero-order valence-corrected chi connectivity index (χ0v) is 18.3. The van der Waals surface area contributed by atoms with Crippen LogP contribution in [0.4, 0.5) is 4.39 Å². The van der Waals surface area contributed by atoms with Gasteiger partial charge in [-0.15, -0.1) is 0 Å². The minimum absolute atomic E-state index is 0.153. The van der Waals surface area contributed by atoms with E-state index in [2.05, 4.69) is 17.4 Å². The highest BCUT2D eigenvalue weighted by Crippen LogP contribution is 2.57. The minimum Gasteiger partial charge on any atom is -0.489 e. The molecule has 4 saturated carbocycles. The van der Waals surface area contributed by atoms with Crippen molar-refractivity contribution in [2.24, 2.45) is 11.1 Å². The van der Waals surface area contributed by atoms with Crippen molar-refractivity contribution in [3.63, 3.8) is 0 Å². The fourth-order valence-corrected chi connectivity index (χ4v) is 5.29. The van der Waals surface area contributed by atoms with Crippen molar-refractivity contribution in [2.75, 3.05) is 26.3 Å². The first kappa shape index (κ1) is 22.3. The molecule has 0 aliphatic heterocycles. The van der Waals surface area contributed by atoms with Crippen molar-refractivity contribution in [3.8, 4) is 5.75 Å². The van der Waals surface area contributed by atoms with Gasteiger partial charge in [0.2, 0.25) is 5.91 Å². The Morgan fingerprint density at radius 3 is 2.35 bits per heavy atom. The summed E-state index contributed by atoms with van der Waals surface area (Å²) in [4.78, 5) is 12.9. The summed E-state index contributed by atoms with van der Waals surface area (Å²) in [5.74, 6) is 0.941. The lowest BCUT2D eigenvalue weighted by atomic mass is 9.51. The Labute approximate surface area is 184 Å². The highest BCUT2D eigenvalue weighted by molar-refractivity contribution is 5.83. The first-order chi connectivity index (χ1) is 15.1. The smallest absolute Gasteiger partial charge is 0.226 e. The number of ether oxygens (including phenoxy) is 2. The van der Waals surface area contributed by atoms with Crippen LogP contribution in [-0.2, 0) is 14.9 Å². The van der Waals surface area contributed by atoms with E-state index >= 15 is 0 Å². The van der Waals surface area contributed by atoms with Gasteiger partial charge in [0.25, 0.3) is 0 Å². The first-order valence-corrected chi connectivity index (χ1v) is 11.7. The average molecular weight is 431 g/mol. The van der Waals surface area contributed by atoms with E-state index in [0.29, 0.717) is 31.2 Å². The van der Waals surface area contributed by atoms with E-state index in [1.54, 1.807) is 0 Å². The maximum atomic E-state index is 12.9. The molecule has 0 saturated heterocycles. The molecule has 0 unspecified atom stereocenters. The average Bonchev–Trinajstić information content (AvgIpc) is 2.80. The number of halogens is 1. The van der Waals surface area contributed by atoms with E-state index in [1.807, 2.05) is 12.1 Å². The molecule has 6 heteroatoms. The lowest BCUT2D eigenvalue weighted by molar-refractivity contribution is -0.138. The van der Waals surface area contributed by atoms with Gasteiger partial charge in [0, 0.05) is 24.1 Å². The Bertz CT molecular complexity index is 764. The Hall–Kier alpha value is -1.92. The number of nitrogens with one attached hydrogen (secondary N) is 1. The maximum absolute atomic E-state index is 12.9. The molecular formula is C25H35FN2O3. The van der Waals surface area contributed by atoms with E-state index < -0.39 is 0 Å². The summed E-state index contributed by atoms with van der Waals surface area (Å²) >= 11 is 0. The SMILES string of the molecule is NC/C(=C\F)COc1ccc(C23CCC(C(=O)NCCOC4CCC4)(CC2)CC3)cc1. The van der Waals surface area contributed by atoms with Crippen molar-refractivity contribution in [2.45, 2.75) is 69.3 Å². The summed E-state index contributed by atoms with van der Waals surface area (Å²) in [5, 5.41) is 3.14. The number of nitrogens with two attached hydrogens (primary N) is 1. The molecule has 0 heterocycles. The normalized spacial score (nSPS) is 28.3. The molecule has 0 aromatic heterocycles. The van der Waals surface area contributed by atoms with Crippen molar-refractivity contribution >= 4 is 5.91 Å². The van der Waals surface area contributed by atoms with Crippen LogP contribution in [0.15, 0.2) is 36.2 Å². The number of carbonyl (C=O) groups is 1. The lowest BCUT2D eigenvalue weighted by Crippen LogP contribution is -2.52. The molecule has 31 heavy (non-hydrogen) atoms. The second-order valence-electron chi connectivity index (χ2n) is 9.52. The highest BCUT2D eigenvalue weighted by Gasteiger charge is 2.52. The predicted octanol–water partition coefficient (Wildman–Crippen LogP) is 4.15. The molecule has 2 bridgehead atoms. The Kier molecular flexibility index (Phi) is 6.97. The van der Waals surface area contributed by atoms with Gasteiger partial charge in [-0.3, -0.25) is 4.79 Å². The molecular weight excluding hydrogens is 395 g/mol. The summed E-state index contributed by atoms with van der Waals surface area (Å²) in [6.45, 7) is 1.56. The van der Waals surface area contributed by atoms with E-state index in [1.165, 1.54) is 12.0 Å². The number of rotatable bonds is 10. The maximum Gasteiger partial charge on any atom is 0.226 e. The summed E-state index contributed by atoms with van der Waals surface area (Å²) in [6, 6.07) is 8.18. The van der Waals surface area contributed by atoms with Gasteiger partial charge >= 0.3 is 0 Å². The van der Waals surface area contributed by atoms with Crippen LogP contribution in [-0.4, -0.2) is 38.3 Å². The van der Waals surface area contributed by atoms with Crippen molar-refractivity contribution < 1.29 is 18.7 Å². The topological polar surface area (TPSA) is 73.6 Å².